The van der Waals surface area contributed by atoms with E-state index in [1.165, 1.54) is 4.90 Å². The third-order valence-electron chi connectivity index (χ3n) is 7.02. The Morgan fingerprint density at radius 3 is 2.83 bits per heavy atom. The summed E-state index contributed by atoms with van der Waals surface area (Å²) >= 11 is 6.46. The Labute approximate surface area is 174 Å². The number of likely N-dealkylation sites (tertiary alicyclic amines) is 1. The fourth-order valence-electron chi connectivity index (χ4n) is 6.04. The quantitative estimate of drug-likeness (QED) is 0.598. The van der Waals surface area contributed by atoms with Crippen LogP contribution in [0.3, 0.4) is 0 Å². The molecule has 4 aliphatic rings. The molecular formula is C21H24ClN3O4. The lowest BCUT2D eigenvalue weighted by Gasteiger charge is -2.36. The van der Waals surface area contributed by atoms with Gasteiger partial charge in [-0.05, 0) is 44.4 Å². The van der Waals surface area contributed by atoms with Gasteiger partial charge in [0.2, 0.25) is 11.8 Å². The van der Waals surface area contributed by atoms with Gasteiger partial charge in [-0.2, -0.15) is 0 Å². The topological polar surface area (TPSA) is 79.0 Å². The molecule has 7 nitrogen and oxygen atoms in total. The van der Waals surface area contributed by atoms with Crippen molar-refractivity contribution in [3.05, 3.63) is 28.3 Å². The van der Waals surface area contributed by atoms with Gasteiger partial charge >= 0.3 is 0 Å². The number of amides is 3. The number of nitrogens with zero attached hydrogens (tertiary/aromatic N) is 2. The van der Waals surface area contributed by atoms with Gasteiger partial charge in [0.1, 0.15) is 5.54 Å². The number of benzene rings is 1. The lowest BCUT2D eigenvalue weighted by Crippen LogP contribution is -2.54. The number of hydrogen-bond acceptors (Lipinski definition) is 5. The van der Waals surface area contributed by atoms with Crippen molar-refractivity contribution in [2.45, 2.75) is 37.8 Å². The van der Waals surface area contributed by atoms with Crippen LogP contribution in [0.2, 0.25) is 5.02 Å². The third-order valence-corrected chi connectivity index (χ3v) is 7.32. The molecule has 4 aliphatic heterocycles. The standard InChI is InChI=1S/C21H24ClN3O4/c1-11-9-12-17(13(22)10-11)23-20(28)21(12)16-15(14-5-3-7-25(14)21)18(26)24(19(16)27)6-4-8-29-2/h9-10,14-16H,3-8H2,1-2H3,(H,23,28). The van der Waals surface area contributed by atoms with Gasteiger partial charge in [0.05, 0.1) is 22.5 Å². The van der Waals surface area contributed by atoms with Gasteiger partial charge in [0.25, 0.3) is 5.91 Å². The number of carbonyl (C=O) groups excluding carboxylic acids is 3. The summed E-state index contributed by atoms with van der Waals surface area (Å²) in [5, 5.41) is 3.41. The van der Waals surface area contributed by atoms with Gasteiger partial charge in [0, 0.05) is 31.9 Å². The molecule has 0 aliphatic carbocycles. The summed E-state index contributed by atoms with van der Waals surface area (Å²) < 4.78 is 5.08. The maximum atomic E-state index is 13.5. The lowest BCUT2D eigenvalue weighted by atomic mass is 9.75. The van der Waals surface area contributed by atoms with Crippen molar-refractivity contribution in [1.29, 1.82) is 0 Å². The van der Waals surface area contributed by atoms with Gasteiger partial charge in [-0.15, -0.1) is 0 Å². The van der Waals surface area contributed by atoms with Crippen LogP contribution in [-0.2, 0) is 24.7 Å². The van der Waals surface area contributed by atoms with Gasteiger partial charge in [0.15, 0.2) is 0 Å². The summed E-state index contributed by atoms with van der Waals surface area (Å²) in [6.07, 6.45) is 2.31. The summed E-state index contributed by atoms with van der Waals surface area (Å²) in [4.78, 5) is 43.8. The first-order valence-corrected chi connectivity index (χ1v) is 10.5. The van der Waals surface area contributed by atoms with Crippen molar-refractivity contribution in [3.63, 3.8) is 0 Å². The van der Waals surface area contributed by atoms with E-state index in [-0.39, 0.29) is 23.8 Å². The first-order chi connectivity index (χ1) is 13.9. The second-order valence-electron chi connectivity index (χ2n) is 8.47. The molecule has 154 valence electrons. The number of halogens is 1. The van der Waals surface area contributed by atoms with E-state index in [4.69, 9.17) is 16.3 Å². The molecule has 1 spiro atoms. The smallest absolute Gasteiger partial charge is 0.250 e. The van der Waals surface area contributed by atoms with Gasteiger partial charge in [-0.1, -0.05) is 17.7 Å². The summed E-state index contributed by atoms with van der Waals surface area (Å²) in [5.41, 5.74) is 1.09. The number of imide groups is 1. The van der Waals surface area contributed by atoms with E-state index < -0.39 is 17.4 Å². The molecular weight excluding hydrogens is 394 g/mol. The number of rotatable bonds is 4. The van der Waals surface area contributed by atoms with E-state index in [0.29, 0.717) is 36.8 Å². The number of aryl methyl sites for hydroxylation is 1. The Morgan fingerprint density at radius 2 is 2.07 bits per heavy atom. The minimum atomic E-state index is -1.15. The highest BCUT2D eigenvalue weighted by molar-refractivity contribution is 6.35. The molecule has 4 heterocycles. The molecule has 29 heavy (non-hydrogen) atoms. The largest absolute Gasteiger partial charge is 0.385 e. The Bertz CT molecular complexity index is 935. The van der Waals surface area contributed by atoms with Crippen LogP contribution >= 0.6 is 11.6 Å². The Kier molecular flexibility index (Phi) is 4.28. The van der Waals surface area contributed by atoms with E-state index in [2.05, 4.69) is 10.2 Å². The monoisotopic (exact) mass is 417 g/mol. The van der Waals surface area contributed by atoms with Crippen LogP contribution in [0.5, 0.6) is 0 Å². The summed E-state index contributed by atoms with van der Waals surface area (Å²) in [6.45, 7) is 3.42. The molecule has 4 atom stereocenters. The number of nitrogens with one attached hydrogen (secondary N) is 1. The van der Waals surface area contributed by atoms with Crippen LogP contribution in [-0.4, -0.2) is 60.4 Å². The van der Waals surface area contributed by atoms with E-state index in [1.54, 1.807) is 7.11 Å². The summed E-state index contributed by atoms with van der Waals surface area (Å²) in [6, 6.07) is 3.66. The molecule has 5 rings (SSSR count). The molecule has 0 radical (unpaired) electrons. The number of hydrogen-bond donors (Lipinski definition) is 1. The molecule has 0 saturated carbocycles. The predicted octanol–water partition coefficient (Wildman–Crippen LogP) is 1.91. The van der Waals surface area contributed by atoms with Gasteiger partial charge < -0.3 is 10.1 Å². The average molecular weight is 418 g/mol. The Hall–Kier alpha value is -1.96. The summed E-state index contributed by atoms with van der Waals surface area (Å²) in [5.74, 6) is -1.82. The van der Waals surface area contributed by atoms with Crippen molar-refractivity contribution < 1.29 is 19.1 Å². The van der Waals surface area contributed by atoms with E-state index in [0.717, 1.165) is 24.0 Å². The minimum Gasteiger partial charge on any atom is -0.385 e. The molecule has 3 fully saturated rings. The lowest BCUT2D eigenvalue weighted by molar-refractivity contribution is -0.145. The number of fused-ring (bicyclic) bond motifs is 7. The van der Waals surface area contributed by atoms with Gasteiger partial charge in [-0.3, -0.25) is 24.2 Å². The van der Waals surface area contributed by atoms with Crippen LogP contribution in [0.4, 0.5) is 5.69 Å². The second kappa shape index (κ2) is 6.52. The normalized spacial score (nSPS) is 32.9. The molecule has 1 aromatic carbocycles. The molecule has 8 heteroatoms. The fourth-order valence-corrected chi connectivity index (χ4v) is 6.36. The third kappa shape index (κ3) is 2.29. The fraction of sp³-hybridized carbons (Fsp3) is 0.571. The molecule has 1 N–H and O–H groups in total. The van der Waals surface area contributed by atoms with Crippen molar-refractivity contribution in [2.75, 3.05) is 32.1 Å². The van der Waals surface area contributed by atoms with E-state index in [9.17, 15) is 14.4 Å². The first kappa shape index (κ1) is 19.0. The minimum absolute atomic E-state index is 0.0973. The number of methoxy groups -OCH3 is 1. The molecule has 4 unspecified atom stereocenters. The van der Waals surface area contributed by atoms with Crippen molar-refractivity contribution in [2.24, 2.45) is 11.8 Å². The molecule has 0 aromatic heterocycles. The van der Waals surface area contributed by atoms with Gasteiger partial charge in [-0.25, -0.2) is 0 Å². The van der Waals surface area contributed by atoms with Crippen LogP contribution in [0.15, 0.2) is 12.1 Å². The van der Waals surface area contributed by atoms with E-state index >= 15 is 0 Å². The maximum Gasteiger partial charge on any atom is 0.250 e. The highest BCUT2D eigenvalue weighted by Crippen LogP contribution is 2.61. The molecule has 0 bridgehead atoms. The molecule has 3 saturated heterocycles. The van der Waals surface area contributed by atoms with Crippen molar-refractivity contribution >= 4 is 35.0 Å². The zero-order valence-corrected chi connectivity index (χ0v) is 17.3. The summed E-state index contributed by atoms with van der Waals surface area (Å²) in [7, 11) is 1.60. The van der Waals surface area contributed by atoms with Crippen LogP contribution in [0.25, 0.3) is 0 Å². The van der Waals surface area contributed by atoms with Crippen LogP contribution in [0.1, 0.15) is 30.4 Å². The number of ether oxygens (including phenoxy) is 1. The predicted molar refractivity (Wildman–Crippen MR) is 106 cm³/mol. The molecule has 3 amide bonds. The van der Waals surface area contributed by atoms with Crippen molar-refractivity contribution in [1.82, 2.24) is 9.80 Å². The van der Waals surface area contributed by atoms with E-state index in [1.807, 2.05) is 19.1 Å². The van der Waals surface area contributed by atoms with Crippen LogP contribution < -0.4 is 5.32 Å². The zero-order chi connectivity index (χ0) is 20.5. The Morgan fingerprint density at radius 1 is 1.28 bits per heavy atom. The first-order valence-electron chi connectivity index (χ1n) is 10.2. The molecule has 1 aromatic rings. The highest BCUT2D eigenvalue weighted by atomic mass is 35.5. The van der Waals surface area contributed by atoms with Crippen molar-refractivity contribution in [3.8, 4) is 0 Å². The maximum absolute atomic E-state index is 13.5. The SMILES string of the molecule is COCCCN1C(=O)C2C3CCCN3C3(C(=O)Nc4c(Cl)cc(C)cc43)C2C1=O. The highest BCUT2D eigenvalue weighted by Gasteiger charge is 2.74. The number of carbonyl (C=O) groups is 3. The zero-order valence-electron chi connectivity index (χ0n) is 16.5. The number of anilines is 1. The van der Waals surface area contributed by atoms with Crippen LogP contribution in [0, 0.1) is 18.8 Å². The average Bonchev–Trinajstić information content (AvgIpc) is 3.37. The second-order valence-corrected chi connectivity index (χ2v) is 8.88. The Balaban J connectivity index is 1.66.